The molecule has 0 saturated heterocycles. The molecule has 0 aliphatic carbocycles. The van der Waals surface area contributed by atoms with Crippen molar-refractivity contribution in [3.63, 3.8) is 0 Å². The van der Waals surface area contributed by atoms with E-state index in [1.54, 1.807) is 18.2 Å². The van der Waals surface area contributed by atoms with E-state index < -0.39 is 0 Å². The fourth-order valence-corrected chi connectivity index (χ4v) is 2.45. The quantitative estimate of drug-likeness (QED) is 0.423. The van der Waals surface area contributed by atoms with Crippen molar-refractivity contribution in [2.45, 2.75) is 0 Å². The maximum absolute atomic E-state index is 11.1. The van der Waals surface area contributed by atoms with Gasteiger partial charge in [-0.25, -0.2) is 4.79 Å². The van der Waals surface area contributed by atoms with Crippen molar-refractivity contribution >= 4 is 12.0 Å². The molecule has 0 aliphatic rings. The van der Waals surface area contributed by atoms with E-state index >= 15 is 0 Å². The molecule has 0 saturated carbocycles. The Morgan fingerprint density at radius 1 is 0.815 bits per heavy atom. The average Bonchev–Trinajstić information content (AvgIpc) is 2.72. The molecule has 0 unspecified atom stereocenters. The number of hydrogen-bond donors (Lipinski definition) is 1. The Labute approximate surface area is 158 Å². The summed E-state index contributed by atoms with van der Waals surface area (Å²) < 4.78 is 4.57. The van der Waals surface area contributed by atoms with Gasteiger partial charge in [0, 0.05) is 17.2 Å². The zero-order valence-corrected chi connectivity index (χ0v) is 14.8. The van der Waals surface area contributed by atoms with Gasteiger partial charge in [0.1, 0.15) is 5.75 Å². The highest BCUT2D eigenvalue weighted by atomic mass is 16.5. The summed E-state index contributed by atoms with van der Waals surface area (Å²) in [5.41, 5.74) is 4.84. The van der Waals surface area contributed by atoms with Crippen molar-refractivity contribution in [2.24, 2.45) is 0 Å². The Hall–Kier alpha value is -3.77. The maximum atomic E-state index is 11.1. The number of rotatable bonds is 3. The third-order valence-electron chi connectivity index (χ3n) is 3.96. The number of benzene rings is 3. The fraction of sp³-hybridized carbons (Fsp3) is 0.0417. The highest BCUT2D eigenvalue weighted by molar-refractivity contribution is 5.86. The summed E-state index contributed by atoms with van der Waals surface area (Å²) in [5.74, 6) is 6.16. The molecule has 0 bridgehead atoms. The van der Waals surface area contributed by atoms with Crippen LogP contribution in [0.2, 0.25) is 0 Å². The summed E-state index contributed by atoms with van der Waals surface area (Å²) in [4.78, 5) is 11.1. The molecule has 3 rings (SSSR count). The second kappa shape index (κ2) is 8.55. The van der Waals surface area contributed by atoms with Gasteiger partial charge in [-0.15, -0.1) is 0 Å². The van der Waals surface area contributed by atoms with Gasteiger partial charge in [0.2, 0.25) is 0 Å². The molecule has 0 radical (unpaired) electrons. The zero-order chi connectivity index (χ0) is 19.1. The minimum Gasteiger partial charge on any atom is -0.508 e. The minimum atomic E-state index is -0.380. The summed E-state index contributed by atoms with van der Waals surface area (Å²) in [7, 11) is 1.35. The van der Waals surface area contributed by atoms with E-state index in [0.717, 1.165) is 27.8 Å². The van der Waals surface area contributed by atoms with Gasteiger partial charge in [-0.3, -0.25) is 0 Å². The molecule has 0 aromatic heterocycles. The number of phenolic OH excluding ortho intramolecular Hbond substituents is 1. The van der Waals surface area contributed by atoms with Crippen molar-refractivity contribution in [3.05, 3.63) is 95.6 Å². The molecule has 0 heterocycles. The molecular formula is C24H18O3. The topological polar surface area (TPSA) is 46.5 Å². The lowest BCUT2D eigenvalue weighted by molar-refractivity contribution is -0.134. The molecular weight excluding hydrogens is 336 g/mol. The normalized spacial score (nSPS) is 10.3. The summed E-state index contributed by atoms with van der Waals surface area (Å²) in [6.07, 6.45) is 3.08. The highest BCUT2D eigenvalue weighted by Crippen LogP contribution is 2.22. The molecule has 0 amide bonds. The van der Waals surface area contributed by atoms with E-state index in [9.17, 15) is 9.90 Å². The molecule has 3 aromatic carbocycles. The van der Waals surface area contributed by atoms with Crippen LogP contribution >= 0.6 is 0 Å². The van der Waals surface area contributed by atoms with Gasteiger partial charge in [-0.05, 0) is 59.2 Å². The maximum Gasteiger partial charge on any atom is 0.330 e. The Balaban J connectivity index is 1.69. The average molecular weight is 354 g/mol. The Kier molecular flexibility index (Phi) is 5.71. The Morgan fingerprint density at radius 3 is 1.81 bits per heavy atom. The lowest BCUT2D eigenvalue weighted by atomic mass is 10.0. The first-order chi connectivity index (χ1) is 13.1. The van der Waals surface area contributed by atoms with E-state index in [1.165, 1.54) is 13.2 Å². The monoisotopic (exact) mass is 354 g/mol. The number of ether oxygens (including phenoxy) is 1. The highest BCUT2D eigenvalue weighted by Gasteiger charge is 1.98. The van der Waals surface area contributed by atoms with Crippen LogP contribution in [0.15, 0.2) is 78.9 Å². The lowest BCUT2D eigenvalue weighted by Gasteiger charge is -2.02. The predicted molar refractivity (Wildman–Crippen MR) is 107 cm³/mol. The SMILES string of the molecule is COC(=O)/C=C/c1ccc(C#Cc2ccc(-c3ccc(O)cc3)cc2)cc1. The molecule has 0 fully saturated rings. The molecule has 0 spiro atoms. The minimum absolute atomic E-state index is 0.257. The second-order valence-electron chi connectivity index (χ2n) is 5.85. The summed E-state index contributed by atoms with van der Waals surface area (Å²) in [6.45, 7) is 0. The smallest absolute Gasteiger partial charge is 0.330 e. The van der Waals surface area contributed by atoms with Gasteiger partial charge < -0.3 is 9.84 Å². The van der Waals surface area contributed by atoms with Gasteiger partial charge in [-0.2, -0.15) is 0 Å². The van der Waals surface area contributed by atoms with E-state index in [-0.39, 0.29) is 11.7 Å². The van der Waals surface area contributed by atoms with Crippen LogP contribution in [-0.2, 0) is 9.53 Å². The van der Waals surface area contributed by atoms with Crippen LogP contribution in [0.25, 0.3) is 17.2 Å². The standard InChI is InChI=1S/C24H18O3/c1-27-24(26)17-10-19-5-2-18(3-6-19)4-7-20-8-11-21(12-9-20)22-13-15-23(25)16-14-22/h2-3,5-6,8-17,25H,1H3/b17-10+. The predicted octanol–water partition coefficient (Wildman–Crippen LogP) is 4.65. The molecule has 27 heavy (non-hydrogen) atoms. The first-order valence-electron chi connectivity index (χ1n) is 8.41. The van der Waals surface area contributed by atoms with Crippen molar-refractivity contribution in [3.8, 4) is 28.7 Å². The second-order valence-corrected chi connectivity index (χ2v) is 5.85. The van der Waals surface area contributed by atoms with Crippen molar-refractivity contribution in [1.29, 1.82) is 0 Å². The van der Waals surface area contributed by atoms with E-state index in [2.05, 4.69) is 16.6 Å². The van der Waals surface area contributed by atoms with Gasteiger partial charge in [0.15, 0.2) is 0 Å². The molecule has 0 aliphatic heterocycles. The largest absolute Gasteiger partial charge is 0.508 e. The van der Waals surface area contributed by atoms with E-state index in [1.807, 2.05) is 60.7 Å². The number of aromatic hydroxyl groups is 1. The van der Waals surface area contributed by atoms with Crippen LogP contribution in [0.3, 0.4) is 0 Å². The van der Waals surface area contributed by atoms with Crippen LogP contribution in [0.5, 0.6) is 5.75 Å². The first kappa shape index (κ1) is 18.0. The number of phenols is 1. The Bertz CT molecular complexity index is 1000. The van der Waals surface area contributed by atoms with Crippen LogP contribution in [-0.4, -0.2) is 18.2 Å². The Morgan fingerprint density at radius 2 is 1.30 bits per heavy atom. The number of esters is 1. The van der Waals surface area contributed by atoms with Crippen LogP contribution in [0, 0.1) is 11.8 Å². The lowest BCUT2D eigenvalue weighted by Crippen LogP contribution is -1.93. The van der Waals surface area contributed by atoms with Crippen molar-refractivity contribution < 1.29 is 14.6 Å². The van der Waals surface area contributed by atoms with Gasteiger partial charge >= 0.3 is 5.97 Å². The fourth-order valence-electron chi connectivity index (χ4n) is 2.45. The summed E-state index contributed by atoms with van der Waals surface area (Å²) >= 11 is 0. The van der Waals surface area contributed by atoms with Crippen LogP contribution in [0.1, 0.15) is 16.7 Å². The van der Waals surface area contributed by atoms with E-state index in [0.29, 0.717) is 0 Å². The van der Waals surface area contributed by atoms with Gasteiger partial charge in [-0.1, -0.05) is 48.2 Å². The zero-order valence-electron chi connectivity index (χ0n) is 14.8. The number of carbonyl (C=O) groups is 1. The molecule has 0 atom stereocenters. The van der Waals surface area contributed by atoms with E-state index in [4.69, 9.17) is 0 Å². The summed E-state index contributed by atoms with van der Waals surface area (Å²) in [6, 6.07) is 22.7. The molecule has 132 valence electrons. The van der Waals surface area contributed by atoms with Crippen molar-refractivity contribution in [1.82, 2.24) is 0 Å². The number of methoxy groups -OCH3 is 1. The van der Waals surface area contributed by atoms with Crippen LogP contribution < -0.4 is 0 Å². The number of hydrogen-bond acceptors (Lipinski definition) is 3. The summed E-state index contributed by atoms with van der Waals surface area (Å²) in [5, 5.41) is 9.37. The third kappa shape index (κ3) is 5.10. The molecule has 3 aromatic rings. The first-order valence-corrected chi connectivity index (χ1v) is 8.41. The van der Waals surface area contributed by atoms with Crippen LogP contribution in [0.4, 0.5) is 0 Å². The van der Waals surface area contributed by atoms with Crippen molar-refractivity contribution in [2.75, 3.05) is 7.11 Å². The number of carbonyl (C=O) groups excluding carboxylic acids is 1. The van der Waals surface area contributed by atoms with Gasteiger partial charge in [0.25, 0.3) is 0 Å². The van der Waals surface area contributed by atoms with Gasteiger partial charge in [0.05, 0.1) is 7.11 Å². The molecule has 1 N–H and O–H groups in total. The third-order valence-corrected chi connectivity index (χ3v) is 3.96. The molecule has 3 heteroatoms. The molecule has 3 nitrogen and oxygen atoms in total.